The van der Waals surface area contributed by atoms with Gasteiger partial charge in [-0.2, -0.15) is 0 Å². The van der Waals surface area contributed by atoms with Gasteiger partial charge in [-0.05, 0) is 65.1 Å². The first-order valence-corrected chi connectivity index (χ1v) is 9.99. The van der Waals surface area contributed by atoms with E-state index < -0.39 is 0 Å². The molecule has 0 amide bonds. The highest BCUT2D eigenvalue weighted by Gasteiger charge is 2.22. The monoisotopic (exact) mass is 354 g/mol. The molecule has 142 valence electrons. The first-order chi connectivity index (χ1) is 12.2. The van der Waals surface area contributed by atoms with Gasteiger partial charge >= 0.3 is 0 Å². The van der Waals surface area contributed by atoms with E-state index in [1.807, 2.05) is 13.8 Å². The van der Waals surface area contributed by atoms with Gasteiger partial charge in [-0.3, -0.25) is 4.79 Å². The number of ketones is 1. The summed E-state index contributed by atoms with van der Waals surface area (Å²) in [6.45, 7) is 14.6. The maximum absolute atomic E-state index is 12.2. The van der Waals surface area contributed by atoms with Gasteiger partial charge in [-0.15, -0.1) is 0 Å². The summed E-state index contributed by atoms with van der Waals surface area (Å²) in [6.07, 6.45) is 2.27. The molecule has 2 aromatic rings. The molecule has 0 spiro atoms. The molecule has 1 atom stereocenters. The van der Waals surface area contributed by atoms with Crippen molar-refractivity contribution < 1.29 is 9.90 Å². The predicted octanol–water partition coefficient (Wildman–Crippen LogP) is 6.65. The second-order valence-electron chi connectivity index (χ2n) is 8.27. The zero-order valence-corrected chi connectivity index (χ0v) is 17.4. The second kappa shape index (κ2) is 8.24. The van der Waals surface area contributed by atoms with E-state index in [0.717, 1.165) is 29.4 Å². The lowest BCUT2D eigenvalue weighted by molar-refractivity contribution is -0.121. The van der Waals surface area contributed by atoms with Crippen molar-refractivity contribution >= 4 is 16.6 Å². The number of phenols is 1. The number of benzene rings is 2. The third-order valence-corrected chi connectivity index (χ3v) is 5.68. The average Bonchev–Trinajstić information content (AvgIpc) is 2.59. The third kappa shape index (κ3) is 3.95. The lowest BCUT2D eigenvalue weighted by Gasteiger charge is -2.23. The minimum absolute atomic E-state index is 0.0697. The maximum atomic E-state index is 12.2. The van der Waals surface area contributed by atoms with Crippen LogP contribution in [0.5, 0.6) is 5.75 Å². The summed E-state index contributed by atoms with van der Waals surface area (Å²) >= 11 is 0. The summed E-state index contributed by atoms with van der Waals surface area (Å²) in [6, 6.07) is 6.45. The molecule has 0 aliphatic rings. The molecule has 0 aliphatic carbocycles. The molecule has 0 heterocycles. The highest BCUT2D eigenvalue weighted by Crippen LogP contribution is 2.42. The van der Waals surface area contributed by atoms with Crippen molar-refractivity contribution in [1.29, 1.82) is 0 Å². The molecule has 0 saturated heterocycles. The summed E-state index contributed by atoms with van der Waals surface area (Å²) in [5, 5.41) is 13.4. The van der Waals surface area contributed by atoms with Crippen LogP contribution in [0, 0.1) is 12.8 Å². The Kier molecular flexibility index (Phi) is 6.49. The Morgan fingerprint density at radius 3 is 2.31 bits per heavy atom. The number of carbonyl (C=O) groups is 1. The quantitative estimate of drug-likeness (QED) is 0.604. The lowest BCUT2D eigenvalue weighted by atomic mass is 9.83. The number of fused-ring (bicyclic) bond motifs is 1. The predicted molar refractivity (Wildman–Crippen MR) is 111 cm³/mol. The first kappa shape index (κ1) is 20.5. The zero-order chi connectivity index (χ0) is 19.6. The van der Waals surface area contributed by atoms with Crippen molar-refractivity contribution in [2.75, 3.05) is 0 Å². The minimum atomic E-state index is 0.0697. The number of aryl methyl sites for hydroxylation is 2. The summed E-state index contributed by atoms with van der Waals surface area (Å²) in [4.78, 5) is 12.2. The lowest BCUT2D eigenvalue weighted by Crippen LogP contribution is -2.09. The van der Waals surface area contributed by atoms with Gasteiger partial charge < -0.3 is 5.11 Å². The van der Waals surface area contributed by atoms with Gasteiger partial charge in [0.2, 0.25) is 0 Å². The van der Waals surface area contributed by atoms with Crippen LogP contribution in [0.1, 0.15) is 88.5 Å². The van der Waals surface area contributed by atoms with Crippen molar-refractivity contribution in [1.82, 2.24) is 0 Å². The fourth-order valence-corrected chi connectivity index (χ4v) is 3.70. The standard InChI is InChI=1S/C24H34O2/c1-8-16(6)22-23-18(13-20(14(2)3)24(22)26)10-9-17(7)19(23)11-12-21(25)15(4)5/h9-10,13-16,26H,8,11-12H2,1-7H3/t16-/m0/s1. The van der Waals surface area contributed by atoms with E-state index in [2.05, 4.69) is 52.8 Å². The Balaban J connectivity index is 2.74. The van der Waals surface area contributed by atoms with Gasteiger partial charge in [-0.25, -0.2) is 0 Å². The van der Waals surface area contributed by atoms with Crippen molar-refractivity contribution in [3.05, 3.63) is 40.5 Å². The molecule has 2 aromatic carbocycles. The summed E-state index contributed by atoms with van der Waals surface area (Å²) in [5.74, 6) is 1.37. The zero-order valence-electron chi connectivity index (χ0n) is 17.4. The van der Waals surface area contributed by atoms with Crippen molar-refractivity contribution in [3.63, 3.8) is 0 Å². The van der Waals surface area contributed by atoms with Crippen LogP contribution in [0.4, 0.5) is 0 Å². The number of Topliss-reactive ketones (excluding diaryl/α,β-unsaturated/α-hetero) is 1. The molecule has 0 bridgehead atoms. The molecular formula is C24H34O2. The van der Waals surface area contributed by atoms with Crippen LogP contribution in [0.15, 0.2) is 18.2 Å². The highest BCUT2D eigenvalue weighted by atomic mass is 16.3. The van der Waals surface area contributed by atoms with Gasteiger partial charge in [0.25, 0.3) is 0 Å². The topological polar surface area (TPSA) is 37.3 Å². The van der Waals surface area contributed by atoms with E-state index in [0.29, 0.717) is 18.0 Å². The molecule has 2 heteroatoms. The van der Waals surface area contributed by atoms with Gasteiger partial charge in [-0.1, -0.05) is 53.7 Å². The number of carbonyl (C=O) groups excluding carboxylic acids is 1. The van der Waals surface area contributed by atoms with Crippen LogP contribution in [0.2, 0.25) is 0 Å². The van der Waals surface area contributed by atoms with E-state index in [9.17, 15) is 9.90 Å². The molecular weight excluding hydrogens is 320 g/mol. The van der Waals surface area contributed by atoms with Gasteiger partial charge in [0.05, 0.1) is 0 Å². The second-order valence-corrected chi connectivity index (χ2v) is 8.27. The van der Waals surface area contributed by atoms with Gasteiger partial charge in [0.1, 0.15) is 11.5 Å². The molecule has 2 nitrogen and oxygen atoms in total. The molecule has 0 unspecified atom stereocenters. The largest absolute Gasteiger partial charge is 0.507 e. The molecule has 2 rings (SSSR count). The maximum Gasteiger partial charge on any atom is 0.135 e. The fraction of sp³-hybridized carbons (Fsp3) is 0.542. The summed E-state index contributed by atoms with van der Waals surface area (Å²) in [7, 11) is 0. The fourth-order valence-electron chi connectivity index (χ4n) is 3.70. The third-order valence-electron chi connectivity index (χ3n) is 5.68. The SMILES string of the molecule is CC[C@H](C)c1c(O)c(C(C)C)cc2ccc(C)c(CCC(=O)C(C)C)c12. The van der Waals surface area contributed by atoms with Crippen molar-refractivity contribution in [2.45, 2.75) is 79.6 Å². The molecule has 0 fully saturated rings. The molecule has 1 N–H and O–H groups in total. The Morgan fingerprint density at radius 2 is 1.77 bits per heavy atom. The van der Waals surface area contributed by atoms with Crippen LogP contribution in [-0.2, 0) is 11.2 Å². The molecule has 0 aliphatic heterocycles. The van der Waals surface area contributed by atoms with Crippen LogP contribution < -0.4 is 0 Å². The van der Waals surface area contributed by atoms with E-state index >= 15 is 0 Å². The Labute approximate surface area is 158 Å². The Bertz CT molecular complexity index is 800. The summed E-state index contributed by atoms with van der Waals surface area (Å²) in [5.41, 5.74) is 4.50. The highest BCUT2D eigenvalue weighted by molar-refractivity contribution is 5.94. The first-order valence-electron chi connectivity index (χ1n) is 9.99. The number of phenolic OH excluding ortho intramolecular Hbond substituents is 1. The number of rotatable bonds is 7. The van der Waals surface area contributed by atoms with Crippen molar-refractivity contribution in [3.8, 4) is 5.75 Å². The van der Waals surface area contributed by atoms with Crippen LogP contribution in [0.25, 0.3) is 10.8 Å². The van der Waals surface area contributed by atoms with Crippen LogP contribution in [0.3, 0.4) is 0 Å². The van der Waals surface area contributed by atoms with Crippen molar-refractivity contribution in [2.24, 2.45) is 5.92 Å². The summed E-state index contributed by atoms with van der Waals surface area (Å²) < 4.78 is 0. The molecule has 0 radical (unpaired) electrons. The smallest absolute Gasteiger partial charge is 0.135 e. The van der Waals surface area contributed by atoms with Gasteiger partial charge in [0.15, 0.2) is 0 Å². The van der Waals surface area contributed by atoms with E-state index in [1.54, 1.807) is 0 Å². The van der Waals surface area contributed by atoms with Crippen LogP contribution >= 0.6 is 0 Å². The average molecular weight is 355 g/mol. The molecule has 0 aromatic heterocycles. The number of aromatic hydroxyl groups is 1. The molecule has 0 saturated carbocycles. The van der Waals surface area contributed by atoms with Gasteiger partial charge in [0, 0.05) is 17.9 Å². The Morgan fingerprint density at radius 1 is 1.12 bits per heavy atom. The van der Waals surface area contributed by atoms with E-state index in [4.69, 9.17) is 0 Å². The van der Waals surface area contributed by atoms with Crippen LogP contribution in [-0.4, -0.2) is 10.9 Å². The number of hydrogen-bond acceptors (Lipinski definition) is 2. The number of hydrogen-bond donors (Lipinski definition) is 1. The molecule has 26 heavy (non-hydrogen) atoms. The van der Waals surface area contributed by atoms with E-state index in [1.165, 1.54) is 16.5 Å². The normalized spacial score (nSPS) is 13.0. The van der Waals surface area contributed by atoms with E-state index in [-0.39, 0.29) is 17.8 Å². The Hall–Kier alpha value is -1.83. The minimum Gasteiger partial charge on any atom is -0.507 e.